The maximum absolute atomic E-state index is 9.10. The number of aromatic hydroxyl groups is 1. The van der Waals surface area contributed by atoms with Gasteiger partial charge >= 0.3 is 0 Å². The Balaban J connectivity index is 2.83. The summed E-state index contributed by atoms with van der Waals surface area (Å²) in [4.78, 5) is 3.94. The molecule has 0 aliphatic heterocycles. The van der Waals surface area contributed by atoms with Crippen LogP contribution in [-0.4, -0.2) is 10.1 Å². The van der Waals surface area contributed by atoms with Gasteiger partial charge in [-0.3, -0.25) is 4.98 Å². The zero-order valence-electron chi connectivity index (χ0n) is 5.86. The number of aromatic nitrogens is 1. The maximum Gasteiger partial charge on any atom is 0.116 e. The Morgan fingerprint density at radius 3 is 2.91 bits per heavy atom. The number of fused-ring (bicyclic) bond motifs is 1. The van der Waals surface area contributed by atoms with Gasteiger partial charge in [0.2, 0.25) is 0 Å². The van der Waals surface area contributed by atoms with Crippen molar-refractivity contribution >= 4 is 10.8 Å². The molecule has 54 valence electrons. The zero-order chi connectivity index (χ0) is 7.68. The second-order valence-corrected chi connectivity index (χ2v) is 2.41. The Bertz CT molecular complexity index is 384. The van der Waals surface area contributed by atoms with Crippen LogP contribution in [0.5, 0.6) is 5.75 Å². The molecular weight excluding hydrogens is 138 g/mol. The minimum atomic E-state index is 0.283. The van der Waals surface area contributed by atoms with Gasteiger partial charge in [0, 0.05) is 17.8 Å². The van der Waals surface area contributed by atoms with Gasteiger partial charge in [-0.15, -0.1) is 0 Å². The molecule has 0 aliphatic carbocycles. The number of hydrogen-bond donors (Lipinski definition) is 1. The summed E-state index contributed by atoms with van der Waals surface area (Å²) >= 11 is 0. The van der Waals surface area contributed by atoms with Crippen molar-refractivity contribution in [3.05, 3.63) is 36.7 Å². The number of phenolic OH excluding ortho intramolecular Hbond substituents is 1. The normalized spacial score (nSPS) is 10.2. The average Bonchev–Trinajstić information content (AvgIpc) is 2.04. The molecule has 0 atom stereocenters. The largest absolute Gasteiger partial charge is 0.508 e. The van der Waals surface area contributed by atoms with Crippen molar-refractivity contribution in [1.29, 1.82) is 0 Å². The van der Waals surface area contributed by atoms with Crippen LogP contribution >= 0.6 is 0 Å². The highest BCUT2D eigenvalue weighted by Gasteiger charge is 1.91. The number of rotatable bonds is 0. The van der Waals surface area contributed by atoms with E-state index in [9.17, 15) is 0 Å². The van der Waals surface area contributed by atoms with Gasteiger partial charge in [0.05, 0.1) is 0 Å². The molecule has 0 radical (unpaired) electrons. The van der Waals surface area contributed by atoms with E-state index in [1.807, 2.05) is 12.1 Å². The minimum Gasteiger partial charge on any atom is -0.508 e. The lowest BCUT2D eigenvalue weighted by molar-refractivity contribution is 0.476. The van der Waals surface area contributed by atoms with Gasteiger partial charge in [-0.2, -0.15) is 0 Å². The number of hydrogen-bond acceptors (Lipinski definition) is 2. The van der Waals surface area contributed by atoms with E-state index in [1.54, 1.807) is 24.5 Å². The molecule has 0 saturated carbocycles. The summed E-state index contributed by atoms with van der Waals surface area (Å²) < 4.78 is 0. The molecule has 0 aliphatic rings. The molecule has 2 rings (SSSR count). The standard InChI is InChI=1S/C9H7NO/c11-9-2-1-7-3-4-10-6-8(7)5-9/h1-6,11H. The summed E-state index contributed by atoms with van der Waals surface area (Å²) in [5.74, 6) is 0.283. The maximum atomic E-state index is 9.10. The monoisotopic (exact) mass is 145 g/mol. The Morgan fingerprint density at radius 1 is 1.09 bits per heavy atom. The highest BCUT2D eigenvalue weighted by molar-refractivity contribution is 5.82. The Labute approximate surface area is 64.1 Å². The van der Waals surface area contributed by atoms with Crippen LogP contribution in [0.4, 0.5) is 0 Å². The van der Waals surface area contributed by atoms with Crippen molar-refractivity contribution in [2.24, 2.45) is 0 Å². The third kappa shape index (κ3) is 1.03. The molecular formula is C9H7NO. The van der Waals surface area contributed by atoms with Crippen molar-refractivity contribution < 1.29 is 5.11 Å². The van der Waals surface area contributed by atoms with E-state index in [0.29, 0.717) is 0 Å². The van der Waals surface area contributed by atoms with Crippen LogP contribution in [0.1, 0.15) is 0 Å². The lowest BCUT2D eigenvalue weighted by Crippen LogP contribution is -1.73. The number of nitrogens with zero attached hydrogens (tertiary/aromatic N) is 1. The van der Waals surface area contributed by atoms with Crippen molar-refractivity contribution in [3.63, 3.8) is 0 Å². The van der Waals surface area contributed by atoms with Gasteiger partial charge in [-0.25, -0.2) is 0 Å². The van der Waals surface area contributed by atoms with Crippen LogP contribution < -0.4 is 0 Å². The van der Waals surface area contributed by atoms with Gasteiger partial charge in [-0.1, -0.05) is 6.07 Å². The molecule has 1 heterocycles. The van der Waals surface area contributed by atoms with E-state index < -0.39 is 0 Å². The third-order valence-electron chi connectivity index (χ3n) is 1.62. The number of benzene rings is 1. The Hall–Kier alpha value is -1.57. The summed E-state index contributed by atoms with van der Waals surface area (Å²) in [7, 11) is 0. The van der Waals surface area contributed by atoms with Gasteiger partial charge in [0.25, 0.3) is 0 Å². The fourth-order valence-electron chi connectivity index (χ4n) is 1.07. The summed E-state index contributed by atoms with van der Waals surface area (Å²) in [6.45, 7) is 0. The predicted molar refractivity (Wildman–Crippen MR) is 43.4 cm³/mol. The second kappa shape index (κ2) is 2.23. The first-order valence-corrected chi connectivity index (χ1v) is 3.39. The quantitative estimate of drug-likeness (QED) is 0.614. The van der Waals surface area contributed by atoms with Crippen LogP contribution in [-0.2, 0) is 0 Å². The van der Waals surface area contributed by atoms with Gasteiger partial charge in [0.15, 0.2) is 0 Å². The van der Waals surface area contributed by atoms with E-state index in [1.165, 1.54) is 0 Å². The Morgan fingerprint density at radius 2 is 2.00 bits per heavy atom. The molecule has 1 aromatic carbocycles. The molecule has 0 spiro atoms. The summed E-state index contributed by atoms with van der Waals surface area (Å²) in [5, 5.41) is 11.2. The van der Waals surface area contributed by atoms with Crippen LogP contribution in [0.15, 0.2) is 36.7 Å². The summed E-state index contributed by atoms with van der Waals surface area (Å²) in [6.07, 6.45) is 3.47. The fraction of sp³-hybridized carbons (Fsp3) is 0. The molecule has 0 amide bonds. The van der Waals surface area contributed by atoms with E-state index in [4.69, 9.17) is 5.11 Å². The van der Waals surface area contributed by atoms with E-state index in [2.05, 4.69) is 4.98 Å². The SMILES string of the molecule is Oc1ccc2ccncc2c1. The molecule has 0 unspecified atom stereocenters. The highest BCUT2D eigenvalue weighted by atomic mass is 16.3. The van der Waals surface area contributed by atoms with Crippen molar-refractivity contribution in [1.82, 2.24) is 4.98 Å². The first-order chi connectivity index (χ1) is 5.36. The topological polar surface area (TPSA) is 33.1 Å². The van der Waals surface area contributed by atoms with E-state index in [-0.39, 0.29) is 5.75 Å². The molecule has 2 aromatic rings. The van der Waals surface area contributed by atoms with E-state index >= 15 is 0 Å². The summed E-state index contributed by atoms with van der Waals surface area (Å²) in [5.41, 5.74) is 0. The molecule has 11 heavy (non-hydrogen) atoms. The van der Waals surface area contributed by atoms with Crippen molar-refractivity contribution in [2.75, 3.05) is 0 Å². The van der Waals surface area contributed by atoms with Crippen LogP contribution in [0.25, 0.3) is 10.8 Å². The predicted octanol–water partition coefficient (Wildman–Crippen LogP) is 1.94. The van der Waals surface area contributed by atoms with Crippen LogP contribution in [0.2, 0.25) is 0 Å². The third-order valence-corrected chi connectivity index (χ3v) is 1.62. The molecule has 1 N–H and O–H groups in total. The first kappa shape index (κ1) is 6.16. The Kier molecular flexibility index (Phi) is 1.25. The van der Waals surface area contributed by atoms with E-state index in [0.717, 1.165) is 10.8 Å². The zero-order valence-corrected chi connectivity index (χ0v) is 5.86. The first-order valence-electron chi connectivity index (χ1n) is 3.39. The lowest BCUT2D eigenvalue weighted by Gasteiger charge is -1.95. The summed E-state index contributed by atoms with van der Waals surface area (Å²) in [6, 6.07) is 7.14. The number of pyridine rings is 1. The number of phenols is 1. The molecule has 0 bridgehead atoms. The average molecular weight is 145 g/mol. The van der Waals surface area contributed by atoms with Crippen LogP contribution in [0, 0.1) is 0 Å². The van der Waals surface area contributed by atoms with Crippen molar-refractivity contribution in [2.45, 2.75) is 0 Å². The van der Waals surface area contributed by atoms with Gasteiger partial charge in [0.1, 0.15) is 5.75 Å². The van der Waals surface area contributed by atoms with Gasteiger partial charge < -0.3 is 5.11 Å². The van der Waals surface area contributed by atoms with Crippen molar-refractivity contribution in [3.8, 4) is 5.75 Å². The highest BCUT2D eigenvalue weighted by Crippen LogP contribution is 2.17. The molecule has 2 nitrogen and oxygen atoms in total. The van der Waals surface area contributed by atoms with Gasteiger partial charge in [-0.05, 0) is 23.6 Å². The lowest BCUT2D eigenvalue weighted by atomic mass is 10.2. The molecule has 2 heteroatoms. The smallest absolute Gasteiger partial charge is 0.116 e. The van der Waals surface area contributed by atoms with Crippen LogP contribution in [0.3, 0.4) is 0 Å². The second-order valence-electron chi connectivity index (χ2n) is 2.41. The molecule has 0 fully saturated rings. The molecule has 0 saturated heterocycles. The minimum absolute atomic E-state index is 0.283. The molecule has 1 aromatic heterocycles. The fourth-order valence-corrected chi connectivity index (χ4v) is 1.07.